The van der Waals surface area contributed by atoms with Gasteiger partial charge in [-0.1, -0.05) is 6.92 Å². The molecule has 1 amide bonds. The normalized spacial score (nSPS) is 22.4. The molecule has 0 aromatic heterocycles. The predicted molar refractivity (Wildman–Crippen MR) is 73.5 cm³/mol. The summed E-state index contributed by atoms with van der Waals surface area (Å²) in [7, 11) is 0. The Morgan fingerprint density at radius 2 is 2.21 bits per heavy atom. The highest BCUT2D eigenvalue weighted by atomic mass is 32.2. The number of amides is 1. The standard InChI is InChI=1S/C13H13FN2O2S/c1-7-6-16(2-3-19-7)11-5-10-8(4-9(11)14)12(17)13(18)15-10/h4-5,7H,2-3,6H2,1H3,(H,15,17,18). The first-order valence-electron chi connectivity index (χ1n) is 6.12. The molecule has 1 saturated heterocycles. The fourth-order valence-electron chi connectivity index (χ4n) is 2.43. The number of Topliss-reactive ketones (excluding diaryl/α,β-unsaturated/α-hetero) is 1. The highest BCUT2D eigenvalue weighted by molar-refractivity contribution is 8.00. The van der Waals surface area contributed by atoms with Crippen LogP contribution in [0.5, 0.6) is 0 Å². The smallest absolute Gasteiger partial charge is 0.296 e. The molecule has 2 aliphatic heterocycles. The second-order valence-electron chi connectivity index (χ2n) is 4.76. The van der Waals surface area contributed by atoms with E-state index in [1.807, 2.05) is 16.7 Å². The first kappa shape index (κ1) is 12.5. The third-order valence-corrected chi connectivity index (χ3v) is 4.50. The van der Waals surface area contributed by atoms with Crippen LogP contribution in [-0.4, -0.2) is 35.8 Å². The van der Waals surface area contributed by atoms with Crippen molar-refractivity contribution in [3.63, 3.8) is 0 Å². The topological polar surface area (TPSA) is 49.4 Å². The van der Waals surface area contributed by atoms with E-state index in [0.717, 1.165) is 24.9 Å². The lowest BCUT2D eigenvalue weighted by Gasteiger charge is -2.32. The quantitative estimate of drug-likeness (QED) is 0.798. The van der Waals surface area contributed by atoms with Gasteiger partial charge in [-0.2, -0.15) is 11.8 Å². The number of ketones is 1. The minimum Gasteiger partial charge on any atom is -0.367 e. The Balaban J connectivity index is 1.98. The molecule has 2 aliphatic rings. The summed E-state index contributed by atoms with van der Waals surface area (Å²) in [6.45, 7) is 3.64. The molecular weight excluding hydrogens is 267 g/mol. The van der Waals surface area contributed by atoms with Crippen LogP contribution in [0.3, 0.4) is 0 Å². The number of thioether (sulfide) groups is 1. The Bertz CT molecular complexity index is 576. The molecule has 1 aromatic carbocycles. The molecule has 0 saturated carbocycles. The van der Waals surface area contributed by atoms with Crippen molar-refractivity contribution in [1.29, 1.82) is 0 Å². The van der Waals surface area contributed by atoms with Crippen molar-refractivity contribution in [2.75, 3.05) is 29.1 Å². The Labute approximate surface area is 114 Å². The summed E-state index contributed by atoms with van der Waals surface area (Å²) in [5.41, 5.74) is 1.00. The van der Waals surface area contributed by atoms with Crippen LogP contribution in [0.4, 0.5) is 15.8 Å². The fourth-order valence-corrected chi connectivity index (χ4v) is 3.45. The van der Waals surface area contributed by atoms with Crippen LogP contribution >= 0.6 is 11.8 Å². The monoisotopic (exact) mass is 280 g/mol. The molecule has 100 valence electrons. The number of nitrogens with zero attached hydrogens (tertiary/aromatic N) is 1. The molecule has 0 aliphatic carbocycles. The Morgan fingerprint density at radius 1 is 1.42 bits per heavy atom. The van der Waals surface area contributed by atoms with Crippen LogP contribution in [-0.2, 0) is 4.79 Å². The highest BCUT2D eigenvalue weighted by Crippen LogP contribution is 2.33. The summed E-state index contributed by atoms with van der Waals surface area (Å²) < 4.78 is 14.1. The predicted octanol–water partition coefficient (Wildman–Crippen LogP) is 1.90. The first-order chi connectivity index (χ1) is 9.06. The summed E-state index contributed by atoms with van der Waals surface area (Å²) in [6, 6.07) is 2.73. The van der Waals surface area contributed by atoms with Gasteiger partial charge >= 0.3 is 0 Å². The van der Waals surface area contributed by atoms with Gasteiger partial charge in [-0.25, -0.2) is 4.39 Å². The molecule has 6 heteroatoms. The molecule has 1 N–H and O–H groups in total. The van der Waals surface area contributed by atoms with Crippen molar-refractivity contribution in [3.8, 4) is 0 Å². The number of rotatable bonds is 1. The van der Waals surface area contributed by atoms with Gasteiger partial charge in [0.25, 0.3) is 11.7 Å². The van der Waals surface area contributed by atoms with E-state index in [2.05, 4.69) is 12.2 Å². The zero-order chi connectivity index (χ0) is 13.6. The molecule has 1 aromatic rings. The number of hydrogen-bond acceptors (Lipinski definition) is 4. The van der Waals surface area contributed by atoms with Crippen LogP contribution in [0, 0.1) is 5.82 Å². The van der Waals surface area contributed by atoms with Crippen molar-refractivity contribution in [3.05, 3.63) is 23.5 Å². The van der Waals surface area contributed by atoms with Crippen LogP contribution in [0.1, 0.15) is 17.3 Å². The largest absolute Gasteiger partial charge is 0.367 e. The summed E-state index contributed by atoms with van der Waals surface area (Å²) in [4.78, 5) is 24.7. The number of carbonyl (C=O) groups is 2. The first-order valence-corrected chi connectivity index (χ1v) is 7.17. The van der Waals surface area contributed by atoms with Gasteiger partial charge in [-0.15, -0.1) is 0 Å². The molecule has 1 fully saturated rings. The number of nitrogens with one attached hydrogen (secondary N) is 1. The molecule has 0 spiro atoms. The van der Waals surface area contributed by atoms with Crippen molar-refractivity contribution >= 4 is 34.8 Å². The maximum atomic E-state index is 14.1. The molecule has 2 heterocycles. The lowest BCUT2D eigenvalue weighted by atomic mass is 10.1. The third kappa shape index (κ3) is 2.10. The van der Waals surface area contributed by atoms with E-state index in [-0.39, 0.29) is 5.56 Å². The van der Waals surface area contributed by atoms with Crippen LogP contribution in [0.25, 0.3) is 0 Å². The van der Waals surface area contributed by atoms with Crippen LogP contribution in [0.2, 0.25) is 0 Å². The zero-order valence-corrected chi connectivity index (χ0v) is 11.2. The van der Waals surface area contributed by atoms with Gasteiger partial charge in [0, 0.05) is 24.1 Å². The highest BCUT2D eigenvalue weighted by Gasteiger charge is 2.31. The van der Waals surface area contributed by atoms with Crippen molar-refractivity contribution < 1.29 is 14.0 Å². The van der Waals surface area contributed by atoms with Gasteiger partial charge in [-0.05, 0) is 12.1 Å². The van der Waals surface area contributed by atoms with E-state index < -0.39 is 17.5 Å². The summed E-state index contributed by atoms with van der Waals surface area (Å²) in [6.07, 6.45) is 0. The Hall–Kier alpha value is -1.56. The molecule has 1 unspecified atom stereocenters. The molecule has 3 rings (SSSR count). The minimum atomic E-state index is -0.686. The van der Waals surface area contributed by atoms with Crippen molar-refractivity contribution in [2.45, 2.75) is 12.2 Å². The van der Waals surface area contributed by atoms with E-state index in [4.69, 9.17) is 0 Å². The summed E-state index contributed by atoms with van der Waals surface area (Å²) >= 11 is 1.86. The van der Waals surface area contributed by atoms with Gasteiger partial charge in [-0.3, -0.25) is 9.59 Å². The average molecular weight is 280 g/mol. The van der Waals surface area contributed by atoms with Crippen LogP contribution < -0.4 is 10.2 Å². The number of anilines is 2. The maximum Gasteiger partial charge on any atom is 0.296 e. The maximum absolute atomic E-state index is 14.1. The number of fused-ring (bicyclic) bond motifs is 1. The molecule has 0 bridgehead atoms. The van der Waals surface area contributed by atoms with E-state index in [0.29, 0.717) is 16.6 Å². The van der Waals surface area contributed by atoms with E-state index >= 15 is 0 Å². The molecular formula is C13H13FN2O2S. The molecule has 1 atom stereocenters. The fraction of sp³-hybridized carbons (Fsp3) is 0.385. The Morgan fingerprint density at radius 3 is 2.95 bits per heavy atom. The second kappa shape index (κ2) is 4.52. The van der Waals surface area contributed by atoms with Gasteiger partial charge in [0.15, 0.2) is 0 Å². The van der Waals surface area contributed by atoms with Crippen molar-refractivity contribution in [1.82, 2.24) is 0 Å². The van der Waals surface area contributed by atoms with Gasteiger partial charge in [0.05, 0.1) is 16.9 Å². The van der Waals surface area contributed by atoms with Crippen LogP contribution in [0.15, 0.2) is 12.1 Å². The zero-order valence-electron chi connectivity index (χ0n) is 10.4. The summed E-state index contributed by atoms with van der Waals surface area (Å²) in [5, 5.41) is 2.92. The second-order valence-corrected chi connectivity index (χ2v) is 6.31. The SMILES string of the molecule is CC1CN(c2cc3c(cc2F)C(=O)C(=O)N3)CCS1. The molecule has 0 radical (unpaired) electrons. The lowest BCUT2D eigenvalue weighted by molar-refractivity contribution is -0.112. The van der Waals surface area contributed by atoms with E-state index in [1.54, 1.807) is 6.07 Å². The lowest BCUT2D eigenvalue weighted by Crippen LogP contribution is -2.37. The molecule has 19 heavy (non-hydrogen) atoms. The number of hydrogen-bond donors (Lipinski definition) is 1. The summed E-state index contributed by atoms with van der Waals surface area (Å²) in [5.74, 6) is -0.844. The molecule has 4 nitrogen and oxygen atoms in total. The van der Waals surface area contributed by atoms with E-state index in [1.165, 1.54) is 0 Å². The minimum absolute atomic E-state index is 0.130. The Kier molecular flexibility index (Phi) is 2.97. The third-order valence-electron chi connectivity index (χ3n) is 3.37. The van der Waals surface area contributed by atoms with Crippen molar-refractivity contribution in [2.24, 2.45) is 0 Å². The van der Waals surface area contributed by atoms with Gasteiger partial charge < -0.3 is 10.2 Å². The number of benzene rings is 1. The van der Waals surface area contributed by atoms with E-state index in [9.17, 15) is 14.0 Å². The number of carbonyl (C=O) groups excluding carboxylic acids is 2. The van der Waals surface area contributed by atoms with Gasteiger partial charge in [0.2, 0.25) is 0 Å². The number of halogens is 1. The average Bonchev–Trinajstić information content (AvgIpc) is 2.65. The van der Waals surface area contributed by atoms with Gasteiger partial charge in [0.1, 0.15) is 5.82 Å².